The minimum atomic E-state index is -0.740. The van der Waals surface area contributed by atoms with Gasteiger partial charge in [0.25, 0.3) is 0 Å². The van der Waals surface area contributed by atoms with Gasteiger partial charge in [-0.3, -0.25) is 0 Å². The summed E-state index contributed by atoms with van der Waals surface area (Å²) in [5.74, 6) is -0.359. The lowest BCUT2D eigenvalue weighted by Crippen LogP contribution is -1.96. The minimum Gasteiger partial charge on any atom is -0.389 e. The van der Waals surface area contributed by atoms with Gasteiger partial charge in [0.05, 0.1) is 11.6 Å². The van der Waals surface area contributed by atoms with Crippen LogP contribution in [-0.4, -0.2) is 15.1 Å². The summed E-state index contributed by atoms with van der Waals surface area (Å²) in [6, 6.07) is 12.1. The minimum absolute atomic E-state index is 0.359. The molecule has 0 bridgehead atoms. The van der Waals surface area contributed by atoms with Crippen LogP contribution >= 0.6 is 11.8 Å². The molecule has 0 radical (unpaired) electrons. The molecule has 3 aromatic rings. The second-order valence-electron chi connectivity index (χ2n) is 4.66. The van der Waals surface area contributed by atoms with Gasteiger partial charge in [0, 0.05) is 10.3 Å². The molecule has 5 heteroatoms. The van der Waals surface area contributed by atoms with E-state index in [1.807, 2.05) is 24.3 Å². The summed E-state index contributed by atoms with van der Waals surface area (Å²) in [6.07, 6.45) is 0.771. The van der Waals surface area contributed by atoms with Crippen LogP contribution in [0.5, 0.6) is 0 Å². The fraction of sp³-hybridized carbons (Fsp3) is 0.125. The van der Waals surface area contributed by atoms with Crippen molar-refractivity contribution in [2.24, 2.45) is 0 Å². The number of para-hydroxylation sites is 1. The van der Waals surface area contributed by atoms with Gasteiger partial charge in [-0.25, -0.2) is 14.4 Å². The lowest BCUT2D eigenvalue weighted by Gasteiger charge is -2.12. The molecule has 1 heterocycles. The maximum atomic E-state index is 13.4. The molecule has 3 nitrogen and oxygen atoms in total. The summed E-state index contributed by atoms with van der Waals surface area (Å²) < 4.78 is 13.4. The summed E-state index contributed by atoms with van der Waals surface area (Å²) in [5.41, 5.74) is 1.42. The highest BCUT2D eigenvalue weighted by Gasteiger charge is 2.13. The van der Waals surface area contributed by atoms with E-state index in [0.29, 0.717) is 5.56 Å². The number of aliphatic hydroxyl groups is 1. The van der Waals surface area contributed by atoms with E-state index < -0.39 is 6.10 Å². The maximum absolute atomic E-state index is 13.4. The van der Waals surface area contributed by atoms with Crippen molar-refractivity contribution in [1.29, 1.82) is 0 Å². The van der Waals surface area contributed by atoms with E-state index in [1.54, 1.807) is 13.0 Å². The third kappa shape index (κ3) is 2.89. The highest BCUT2D eigenvalue weighted by atomic mass is 32.2. The number of fused-ring (bicyclic) bond motifs is 1. The normalized spacial score (nSPS) is 12.5. The van der Waals surface area contributed by atoms with E-state index >= 15 is 0 Å². The highest BCUT2D eigenvalue weighted by Crippen LogP contribution is 2.35. The molecule has 21 heavy (non-hydrogen) atoms. The van der Waals surface area contributed by atoms with Crippen LogP contribution in [-0.2, 0) is 0 Å². The lowest BCUT2D eigenvalue weighted by molar-refractivity contribution is 0.196. The summed E-state index contributed by atoms with van der Waals surface area (Å²) in [7, 11) is 0. The Morgan fingerprint density at radius 2 is 1.95 bits per heavy atom. The van der Waals surface area contributed by atoms with Gasteiger partial charge in [-0.1, -0.05) is 30.0 Å². The Kier molecular flexibility index (Phi) is 3.86. The van der Waals surface area contributed by atoms with Crippen molar-refractivity contribution in [3.05, 3.63) is 60.2 Å². The average molecular weight is 300 g/mol. The molecular weight excluding hydrogens is 287 g/mol. The van der Waals surface area contributed by atoms with Crippen LogP contribution in [0.1, 0.15) is 18.6 Å². The van der Waals surface area contributed by atoms with Gasteiger partial charge in [-0.05, 0) is 36.8 Å². The molecule has 3 rings (SSSR count). The molecule has 0 spiro atoms. The highest BCUT2D eigenvalue weighted by molar-refractivity contribution is 7.99. The van der Waals surface area contributed by atoms with Crippen molar-refractivity contribution in [2.45, 2.75) is 22.9 Å². The van der Waals surface area contributed by atoms with E-state index in [9.17, 15) is 9.50 Å². The van der Waals surface area contributed by atoms with Crippen molar-refractivity contribution in [2.75, 3.05) is 0 Å². The molecule has 0 aliphatic rings. The van der Waals surface area contributed by atoms with Crippen molar-refractivity contribution >= 4 is 22.7 Å². The van der Waals surface area contributed by atoms with Gasteiger partial charge in [-0.2, -0.15) is 0 Å². The third-order valence-corrected chi connectivity index (χ3v) is 4.25. The first-order valence-corrected chi connectivity index (χ1v) is 7.32. The van der Waals surface area contributed by atoms with Gasteiger partial charge in [0.1, 0.15) is 17.2 Å². The first-order chi connectivity index (χ1) is 10.1. The number of halogens is 1. The van der Waals surface area contributed by atoms with Crippen molar-refractivity contribution in [3.63, 3.8) is 0 Å². The summed E-state index contributed by atoms with van der Waals surface area (Å²) in [6.45, 7) is 1.62. The molecule has 106 valence electrons. The van der Waals surface area contributed by atoms with Crippen LogP contribution in [0, 0.1) is 5.82 Å². The summed E-state index contributed by atoms with van der Waals surface area (Å²) in [4.78, 5) is 9.31. The van der Waals surface area contributed by atoms with E-state index in [4.69, 9.17) is 0 Å². The topological polar surface area (TPSA) is 46.0 Å². The first kappa shape index (κ1) is 14.0. The molecule has 1 unspecified atom stereocenters. The largest absolute Gasteiger partial charge is 0.389 e. The standard InChI is InChI=1S/C16H13FN2OS/c1-10(20)13-8-11(17)6-7-15(13)21-16-12-4-2-3-5-14(12)18-9-19-16/h2-10,20H,1H3. The Morgan fingerprint density at radius 1 is 1.14 bits per heavy atom. The fourth-order valence-electron chi connectivity index (χ4n) is 2.10. The Morgan fingerprint density at radius 3 is 2.76 bits per heavy atom. The van der Waals surface area contributed by atoms with Gasteiger partial charge >= 0.3 is 0 Å². The van der Waals surface area contributed by atoms with Crippen LogP contribution in [0.4, 0.5) is 4.39 Å². The molecule has 1 atom stereocenters. The lowest BCUT2D eigenvalue weighted by atomic mass is 10.1. The molecule has 0 aliphatic carbocycles. The Labute approximate surface area is 125 Å². The predicted molar refractivity (Wildman–Crippen MR) is 80.7 cm³/mol. The molecule has 0 fully saturated rings. The number of hydrogen-bond donors (Lipinski definition) is 1. The molecular formula is C16H13FN2OS. The zero-order chi connectivity index (χ0) is 14.8. The molecule has 0 saturated heterocycles. The van der Waals surface area contributed by atoms with Crippen LogP contribution < -0.4 is 0 Å². The molecule has 1 N–H and O–H groups in total. The second kappa shape index (κ2) is 5.79. The zero-order valence-corrected chi connectivity index (χ0v) is 12.1. The zero-order valence-electron chi connectivity index (χ0n) is 11.3. The van der Waals surface area contributed by atoms with Crippen LogP contribution in [0.2, 0.25) is 0 Å². The smallest absolute Gasteiger partial charge is 0.123 e. The van der Waals surface area contributed by atoms with Crippen molar-refractivity contribution in [1.82, 2.24) is 9.97 Å². The van der Waals surface area contributed by atoms with Gasteiger partial charge in [0.15, 0.2) is 0 Å². The summed E-state index contributed by atoms with van der Waals surface area (Å²) >= 11 is 1.40. The van der Waals surface area contributed by atoms with Gasteiger partial charge < -0.3 is 5.11 Å². The van der Waals surface area contributed by atoms with E-state index in [1.165, 1.54) is 30.2 Å². The number of aromatic nitrogens is 2. The Balaban J connectivity index is 2.07. The average Bonchev–Trinajstić information content (AvgIpc) is 2.49. The SMILES string of the molecule is CC(O)c1cc(F)ccc1Sc1ncnc2ccccc12. The Hall–Kier alpha value is -1.98. The molecule has 0 aliphatic heterocycles. The maximum Gasteiger partial charge on any atom is 0.123 e. The van der Waals surface area contributed by atoms with E-state index in [-0.39, 0.29) is 5.82 Å². The van der Waals surface area contributed by atoms with Crippen molar-refractivity contribution in [3.8, 4) is 0 Å². The molecule has 2 aromatic carbocycles. The van der Waals surface area contributed by atoms with Gasteiger partial charge in [0.2, 0.25) is 0 Å². The molecule has 0 amide bonds. The van der Waals surface area contributed by atoms with E-state index in [0.717, 1.165) is 20.8 Å². The number of hydrogen-bond acceptors (Lipinski definition) is 4. The quantitative estimate of drug-likeness (QED) is 0.743. The van der Waals surface area contributed by atoms with Crippen molar-refractivity contribution < 1.29 is 9.50 Å². The van der Waals surface area contributed by atoms with E-state index in [2.05, 4.69) is 9.97 Å². The number of aliphatic hydroxyl groups excluding tert-OH is 1. The monoisotopic (exact) mass is 300 g/mol. The number of nitrogens with zero attached hydrogens (tertiary/aromatic N) is 2. The Bertz CT molecular complexity index is 787. The number of rotatable bonds is 3. The number of benzene rings is 2. The van der Waals surface area contributed by atoms with Gasteiger partial charge in [-0.15, -0.1) is 0 Å². The van der Waals surface area contributed by atoms with Crippen LogP contribution in [0.3, 0.4) is 0 Å². The van der Waals surface area contributed by atoms with Crippen LogP contribution in [0.25, 0.3) is 10.9 Å². The summed E-state index contributed by atoms with van der Waals surface area (Å²) in [5, 5.41) is 11.5. The second-order valence-corrected chi connectivity index (χ2v) is 5.69. The predicted octanol–water partition coefficient (Wildman–Crippen LogP) is 3.97. The van der Waals surface area contributed by atoms with Crippen LogP contribution in [0.15, 0.2) is 58.7 Å². The molecule has 1 aromatic heterocycles. The third-order valence-electron chi connectivity index (χ3n) is 3.13. The fourth-order valence-corrected chi connectivity index (χ4v) is 3.18. The first-order valence-electron chi connectivity index (χ1n) is 6.50. The molecule has 0 saturated carbocycles.